The Bertz CT molecular complexity index is 489. The third-order valence-electron chi connectivity index (χ3n) is 3.78. The molecule has 1 atom stereocenters. The van der Waals surface area contributed by atoms with Gasteiger partial charge in [0.2, 0.25) is 5.91 Å². The van der Waals surface area contributed by atoms with Gasteiger partial charge in [0.1, 0.15) is 0 Å². The molecule has 0 aromatic heterocycles. The van der Waals surface area contributed by atoms with Crippen molar-refractivity contribution in [3.63, 3.8) is 0 Å². The SMILES string of the molecule is CC1(C(=O)O)CCN(CCC(=O)Nc2ccccc2)C1. The van der Waals surface area contributed by atoms with Gasteiger partial charge in [-0.3, -0.25) is 9.59 Å². The van der Waals surface area contributed by atoms with E-state index in [1.807, 2.05) is 35.2 Å². The summed E-state index contributed by atoms with van der Waals surface area (Å²) in [6.07, 6.45) is 1.02. The maximum absolute atomic E-state index is 11.8. The van der Waals surface area contributed by atoms with Gasteiger partial charge in [0.05, 0.1) is 5.41 Å². The molecule has 1 aliphatic heterocycles. The highest BCUT2D eigenvalue weighted by Gasteiger charge is 2.40. The summed E-state index contributed by atoms with van der Waals surface area (Å²) in [4.78, 5) is 25.0. The molecule has 0 bridgehead atoms. The van der Waals surface area contributed by atoms with Gasteiger partial charge in [-0.25, -0.2) is 0 Å². The minimum absolute atomic E-state index is 0.0415. The summed E-state index contributed by atoms with van der Waals surface area (Å²) in [5.74, 6) is -0.797. The van der Waals surface area contributed by atoms with Crippen molar-refractivity contribution in [2.45, 2.75) is 19.8 Å². The third-order valence-corrected chi connectivity index (χ3v) is 3.78. The van der Waals surface area contributed by atoms with Crippen LogP contribution in [0.15, 0.2) is 30.3 Å². The second-order valence-corrected chi connectivity index (χ2v) is 5.56. The number of carbonyl (C=O) groups is 2. The van der Waals surface area contributed by atoms with E-state index < -0.39 is 11.4 Å². The Morgan fingerprint density at radius 2 is 2.05 bits per heavy atom. The highest BCUT2D eigenvalue weighted by atomic mass is 16.4. The van der Waals surface area contributed by atoms with Crippen molar-refractivity contribution in [1.29, 1.82) is 0 Å². The molecule has 1 aliphatic rings. The molecule has 1 fully saturated rings. The summed E-state index contributed by atoms with van der Waals surface area (Å²) in [6.45, 7) is 3.61. The molecule has 0 aliphatic carbocycles. The number of carbonyl (C=O) groups excluding carboxylic acids is 1. The van der Waals surface area contributed by atoms with Gasteiger partial charge in [-0.15, -0.1) is 0 Å². The average Bonchev–Trinajstić information content (AvgIpc) is 2.81. The number of nitrogens with zero attached hydrogens (tertiary/aromatic N) is 1. The number of likely N-dealkylation sites (tertiary alicyclic amines) is 1. The van der Waals surface area contributed by atoms with Gasteiger partial charge in [0.25, 0.3) is 0 Å². The molecule has 0 radical (unpaired) electrons. The molecular formula is C15H20N2O3. The van der Waals surface area contributed by atoms with Crippen molar-refractivity contribution in [3.8, 4) is 0 Å². The Morgan fingerprint density at radius 3 is 2.65 bits per heavy atom. The summed E-state index contributed by atoms with van der Waals surface area (Å²) >= 11 is 0. The number of benzene rings is 1. The summed E-state index contributed by atoms with van der Waals surface area (Å²) in [6, 6.07) is 9.32. The van der Waals surface area contributed by atoms with Crippen molar-refractivity contribution in [1.82, 2.24) is 4.90 Å². The predicted octanol–water partition coefficient (Wildman–Crippen LogP) is 1.81. The fourth-order valence-electron chi connectivity index (χ4n) is 2.43. The molecule has 1 aromatic rings. The largest absolute Gasteiger partial charge is 0.481 e. The fraction of sp³-hybridized carbons (Fsp3) is 0.467. The van der Waals surface area contributed by atoms with Gasteiger partial charge in [-0.2, -0.15) is 0 Å². The zero-order chi connectivity index (χ0) is 14.6. The number of carboxylic acids is 1. The van der Waals surface area contributed by atoms with E-state index in [9.17, 15) is 9.59 Å². The molecule has 0 spiro atoms. The lowest BCUT2D eigenvalue weighted by atomic mass is 9.90. The molecule has 20 heavy (non-hydrogen) atoms. The molecule has 108 valence electrons. The van der Waals surface area contributed by atoms with Crippen LogP contribution in [0.3, 0.4) is 0 Å². The number of amides is 1. The molecule has 5 heteroatoms. The molecule has 0 saturated carbocycles. The zero-order valence-corrected chi connectivity index (χ0v) is 11.6. The Morgan fingerprint density at radius 1 is 1.35 bits per heavy atom. The molecule has 1 unspecified atom stereocenters. The number of hydrogen-bond donors (Lipinski definition) is 2. The number of para-hydroxylation sites is 1. The van der Waals surface area contributed by atoms with Crippen LogP contribution in [-0.2, 0) is 9.59 Å². The topological polar surface area (TPSA) is 69.6 Å². The van der Waals surface area contributed by atoms with Crippen LogP contribution in [0, 0.1) is 5.41 Å². The number of rotatable bonds is 5. The molecule has 1 saturated heterocycles. The minimum atomic E-state index is -0.756. The lowest BCUT2D eigenvalue weighted by Gasteiger charge is -2.19. The van der Waals surface area contributed by atoms with E-state index in [0.29, 0.717) is 25.9 Å². The number of anilines is 1. The first-order valence-electron chi connectivity index (χ1n) is 6.80. The normalized spacial score (nSPS) is 22.6. The van der Waals surface area contributed by atoms with Gasteiger partial charge in [0, 0.05) is 25.2 Å². The van der Waals surface area contributed by atoms with Gasteiger partial charge in [0.15, 0.2) is 0 Å². The second-order valence-electron chi connectivity index (χ2n) is 5.56. The quantitative estimate of drug-likeness (QED) is 0.860. The van der Waals surface area contributed by atoms with E-state index in [1.165, 1.54) is 0 Å². The number of hydrogen-bond acceptors (Lipinski definition) is 3. The standard InChI is InChI=1S/C15H20N2O3/c1-15(14(19)20)8-10-17(11-15)9-7-13(18)16-12-5-3-2-4-6-12/h2-6H,7-11H2,1H3,(H,16,18)(H,19,20). The highest BCUT2D eigenvalue weighted by molar-refractivity contribution is 5.90. The van der Waals surface area contributed by atoms with Crippen LogP contribution in [0.25, 0.3) is 0 Å². The van der Waals surface area contributed by atoms with Gasteiger partial charge in [-0.05, 0) is 32.0 Å². The Labute approximate surface area is 118 Å². The first kappa shape index (κ1) is 14.5. The van der Waals surface area contributed by atoms with Gasteiger partial charge in [-0.1, -0.05) is 18.2 Å². The van der Waals surface area contributed by atoms with E-state index in [2.05, 4.69) is 5.32 Å². The average molecular weight is 276 g/mol. The van der Waals surface area contributed by atoms with Crippen LogP contribution >= 0.6 is 0 Å². The van der Waals surface area contributed by atoms with Crippen molar-refractivity contribution in [2.75, 3.05) is 25.0 Å². The first-order chi connectivity index (χ1) is 9.49. The van der Waals surface area contributed by atoms with Crippen molar-refractivity contribution >= 4 is 17.6 Å². The molecule has 1 amide bonds. The lowest BCUT2D eigenvalue weighted by molar-refractivity contribution is -0.147. The van der Waals surface area contributed by atoms with Crippen LogP contribution in [0.1, 0.15) is 19.8 Å². The van der Waals surface area contributed by atoms with Crippen molar-refractivity contribution in [3.05, 3.63) is 30.3 Å². The van der Waals surface area contributed by atoms with Crippen LogP contribution in [0.2, 0.25) is 0 Å². The Balaban J connectivity index is 1.76. The van der Waals surface area contributed by atoms with E-state index in [1.54, 1.807) is 6.92 Å². The highest BCUT2D eigenvalue weighted by Crippen LogP contribution is 2.29. The Kier molecular flexibility index (Phi) is 4.39. The smallest absolute Gasteiger partial charge is 0.310 e. The van der Waals surface area contributed by atoms with Crippen LogP contribution in [0.5, 0.6) is 0 Å². The predicted molar refractivity (Wildman–Crippen MR) is 76.5 cm³/mol. The van der Waals surface area contributed by atoms with E-state index in [0.717, 1.165) is 12.2 Å². The van der Waals surface area contributed by atoms with Crippen molar-refractivity contribution in [2.24, 2.45) is 5.41 Å². The summed E-state index contributed by atoms with van der Waals surface area (Å²) in [5.41, 5.74) is 0.116. The van der Waals surface area contributed by atoms with Crippen LogP contribution < -0.4 is 5.32 Å². The van der Waals surface area contributed by atoms with Crippen LogP contribution in [0.4, 0.5) is 5.69 Å². The van der Waals surface area contributed by atoms with Gasteiger partial charge >= 0.3 is 5.97 Å². The first-order valence-corrected chi connectivity index (χ1v) is 6.80. The maximum atomic E-state index is 11.8. The molecule has 2 rings (SSSR count). The van der Waals surface area contributed by atoms with E-state index >= 15 is 0 Å². The summed E-state index contributed by atoms with van der Waals surface area (Å²) in [5, 5.41) is 12.0. The van der Waals surface area contributed by atoms with E-state index in [4.69, 9.17) is 5.11 Å². The summed E-state index contributed by atoms with van der Waals surface area (Å²) < 4.78 is 0. The van der Waals surface area contributed by atoms with Crippen LogP contribution in [-0.4, -0.2) is 41.5 Å². The molecule has 1 heterocycles. The van der Waals surface area contributed by atoms with E-state index in [-0.39, 0.29) is 5.91 Å². The van der Waals surface area contributed by atoms with Gasteiger partial charge < -0.3 is 15.3 Å². The Hall–Kier alpha value is -1.88. The number of nitrogens with one attached hydrogen (secondary N) is 1. The number of carboxylic acid groups (broad SMARTS) is 1. The molecular weight excluding hydrogens is 256 g/mol. The third kappa shape index (κ3) is 3.57. The molecule has 5 nitrogen and oxygen atoms in total. The maximum Gasteiger partial charge on any atom is 0.310 e. The molecule has 1 aromatic carbocycles. The summed E-state index contributed by atoms with van der Waals surface area (Å²) in [7, 11) is 0. The second kappa shape index (κ2) is 6.05. The zero-order valence-electron chi connectivity index (χ0n) is 11.6. The number of aliphatic carboxylic acids is 1. The fourth-order valence-corrected chi connectivity index (χ4v) is 2.43. The van der Waals surface area contributed by atoms with Crippen molar-refractivity contribution < 1.29 is 14.7 Å². The lowest BCUT2D eigenvalue weighted by Crippen LogP contribution is -2.33. The monoisotopic (exact) mass is 276 g/mol. The minimum Gasteiger partial charge on any atom is -0.481 e. The molecule has 2 N–H and O–H groups in total.